The minimum atomic E-state index is -0.182. The summed E-state index contributed by atoms with van der Waals surface area (Å²) < 4.78 is 5.70. The third-order valence-corrected chi connectivity index (χ3v) is 4.74. The number of Topliss-reactive ketones (excluding diaryl/α,β-unsaturated/α-hetero) is 1. The molecule has 1 aliphatic rings. The first kappa shape index (κ1) is 18.4. The molecule has 0 saturated carbocycles. The molecule has 0 saturated heterocycles. The number of hydrogen-bond acceptors (Lipinski definition) is 3. The fraction of sp³-hybridized carbons (Fsp3) is 0.524. The lowest BCUT2D eigenvalue weighted by atomic mass is 9.97. The first-order valence-corrected chi connectivity index (χ1v) is 9.03. The third kappa shape index (κ3) is 4.14. The zero-order chi connectivity index (χ0) is 17.7. The Kier molecular flexibility index (Phi) is 6.36. The third-order valence-electron chi connectivity index (χ3n) is 4.74. The van der Waals surface area contributed by atoms with Gasteiger partial charge in [0.15, 0.2) is 5.78 Å². The number of rotatable bonds is 7. The first-order chi connectivity index (χ1) is 11.5. The summed E-state index contributed by atoms with van der Waals surface area (Å²) in [6.45, 7) is 8.16. The van der Waals surface area contributed by atoms with Crippen LogP contribution in [0.2, 0.25) is 0 Å². The Morgan fingerprint density at radius 1 is 1.21 bits per heavy atom. The largest absolute Gasteiger partial charge is 0.430 e. The lowest BCUT2D eigenvalue weighted by Crippen LogP contribution is -2.17. The quantitative estimate of drug-likeness (QED) is 0.651. The van der Waals surface area contributed by atoms with Crippen molar-refractivity contribution in [2.24, 2.45) is 5.92 Å². The second-order valence-corrected chi connectivity index (χ2v) is 6.71. The highest BCUT2D eigenvalue weighted by molar-refractivity contribution is 6.24. The van der Waals surface area contributed by atoms with Crippen LogP contribution >= 0.6 is 0 Å². The molecule has 0 aromatic heterocycles. The van der Waals surface area contributed by atoms with Gasteiger partial charge >= 0.3 is 5.97 Å². The minimum Gasteiger partial charge on any atom is -0.430 e. The molecule has 0 aliphatic heterocycles. The van der Waals surface area contributed by atoms with Gasteiger partial charge in [-0.3, -0.25) is 9.59 Å². The van der Waals surface area contributed by atoms with Gasteiger partial charge in [-0.05, 0) is 37.8 Å². The lowest BCUT2D eigenvalue weighted by Gasteiger charge is -2.15. The van der Waals surface area contributed by atoms with Crippen molar-refractivity contribution in [1.29, 1.82) is 0 Å². The number of benzene rings is 1. The number of aryl methyl sites for hydroxylation is 2. The Labute approximate surface area is 145 Å². The molecular formula is C21H28O3. The maximum absolute atomic E-state index is 12.5. The Hall–Kier alpha value is -1.90. The van der Waals surface area contributed by atoms with E-state index in [9.17, 15) is 9.59 Å². The molecule has 0 fully saturated rings. The number of hydrogen-bond donors (Lipinski definition) is 0. The molecule has 0 radical (unpaired) electrons. The number of ketones is 1. The van der Waals surface area contributed by atoms with Crippen LogP contribution in [0.3, 0.4) is 0 Å². The van der Waals surface area contributed by atoms with Crippen LogP contribution in [0.25, 0.3) is 5.57 Å². The van der Waals surface area contributed by atoms with Gasteiger partial charge in [0.2, 0.25) is 0 Å². The zero-order valence-corrected chi connectivity index (χ0v) is 15.3. The number of ether oxygens (including phenoxy) is 1. The van der Waals surface area contributed by atoms with E-state index in [0.29, 0.717) is 24.2 Å². The Morgan fingerprint density at radius 3 is 2.58 bits per heavy atom. The van der Waals surface area contributed by atoms with E-state index < -0.39 is 0 Å². The van der Waals surface area contributed by atoms with E-state index in [-0.39, 0.29) is 17.7 Å². The Morgan fingerprint density at radius 2 is 1.96 bits per heavy atom. The highest BCUT2D eigenvalue weighted by Gasteiger charge is 2.30. The number of carbonyl (C=O) groups excluding carboxylic acids is 2. The molecule has 3 nitrogen and oxygen atoms in total. The molecule has 0 amide bonds. The molecule has 24 heavy (non-hydrogen) atoms. The maximum Gasteiger partial charge on any atom is 0.314 e. The molecule has 1 aromatic carbocycles. The SMILES string of the molecule is CCCCC(CC)C(=O)OC1=C(c2ccc(C)cc2C)C(=O)CC1. The van der Waals surface area contributed by atoms with E-state index in [1.807, 2.05) is 32.9 Å². The molecule has 1 aliphatic carbocycles. The van der Waals surface area contributed by atoms with Gasteiger partial charge in [-0.2, -0.15) is 0 Å². The summed E-state index contributed by atoms with van der Waals surface area (Å²) >= 11 is 0. The van der Waals surface area contributed by atoms with Crippen molar-refractivity contribution in [3.05, 3.63) is 40.6 Å². The standard InChI is InChI=1S/C21H28O3/c1-5-7-8-16(6-2)21(23)24-19-12-11-18(22)20(19)17-10-9-14(3)13-15(17)4/h9-10,13,16H,5-8,11-12H2,1-4H3. The van der Waals surface area contributed by atoms with E-state index in [4.69, 9.17) is 4.74 Å². The van der Waals surface area contributed by atoms with Crippen molar-refractivity contribution >= 4 is 17.3 Å². The molecule has 1 unspecified atom stereocenters. The monoisotopic (exact) mass is 328 g/mol. The molecule has 130 valence electrons. The number of carbonyl (C=O) groups is 2. The smallest absolute Gasteiger partial charge is 0.314 e. The van der Waals surface area contributed by atoms with Crippen LogP contribution in [0.15, 0.2) is 24.0 Å². The van der Waals surface area contributed by atoms with E-state index in [0.717, 1.165) is 42.4 Å². The van der Waals surface area contributed by atoms with Crippen molar-refractivity contribution in [3.63, 3.8) is 0 Å². The maximum atomic E-state index is 12.5. The predicted molar refractivity (Wildman–Crippen MR) is 96.5 cm³/mol. The molecular weight excluding hydrogens is 300 g/mol. The lowest BCUT2D eigenvalue weighted by molar-refractivity contribution is -0.144. The summed E-state index contributed by atoms with van der Waals surface area (Å²) in [5.74, 6) is 0.379. The summed E-state index contributed by atoms with van der Waals surface area (Å²) in [5, 5.41) is 0. The molecule has 3 heteroatoms. The molecule has 0 N–H and O–H groups in total. The van der Waals surface area contributed by atoms with Gasteiger partial charge in [0.05, 0.1) is 11.5 Å². The zero-order valence-electron chi connectivity index (χ0n) is 15.3. The minimum absolute atomic E-state index is 0.0753. The van der Waals surface area contributed by atoms with Crippen LogP contribution in [-0.4, -0.2) is 11.8 Å². The summed E-state index contributed by atoms with van der Waals surface area (Å²) in [7, 11) is 0. The topological polar surface area (TPSA) is 43.4 Å². The van der Waals surface area contributed by atoms with Gasteiger partial charge < -0.3 is 4.74 Å². The van der Waals surface area contributed by atoms with Gasteiger partial charge in [-0.15, -0.1) is 0 Å². The molecule has 0 bridgehead atoms. The van der Waals surface area contributed by atoms with Crippen LogP contribution in [0.4, 0.5) is 0 Å². The summed E-state index contributed by atoms with van der Waals surface area (Å²) in [6, 6.07) is 6.02. The van der Waals surface area contributed by atoms with Crippen molar-refractivity contribution in [2.75, 3.05) is 0 Å². The molecule has 2 rings (SSSR count). The average Bonchev–Trinajstić information content (AvgIpc) is 2.89. The van der Waals surface area contributed by atoms with E-state index in [1.165, 1.54) is 0 Å². The second kappa shape index (κ2) is 8.27. The molecule has 0 spiro atoms. The van der Waals surface area contributed by atoms with Gasteiger partial charge in [-0.25, -0.2) is 0 Å². The first-order valence-electron chi connectivity index (χ1n) is 9.03. The predicted octanol–water partition coefficient (Wildman–Crippen LogP) is 5.14. The highest BCUT2D eigenvalue weighted by atomic mass is 16.5. The van der Waals surface area contributed by atoms with Crippen LogP contribution in [0, 0.1) is 19.8 Å². The normalized spacial score (nSPS) is 15.8. The van der Waals surface area contributed by atoms with Crippen LogP contribution < -0.4 is 0 Å². The number of allylic oxidation sites excluding steroid dienone is 2. The van der Waals surface area contributed by atoms with E-state index in [1.54, 1.807) is 0 Å². The highest BCUT2D eigenvalue weighted by Crippen LogP contribution is 2.34. The van der Waals surface area contributed by atoms with Crippen molar-refractivity contribution in [3.8, 4) is 0 Å². The van der Waals surface area contributed by atoms with Gasteiger partial charge in [0.1, 0.15) is 5.76 Å². The van der Waals surface area contributed by atoms with Gasteiger partial charge in [0, 0.05) is 12.8 Å². The van der Waals surface area contributed by atoms with Crippen LogP contribution in [-0.2, 0) is 14.3 Å². The van der Waals surface area contributed by atoms with Gasteiger partial charge in [0.25, 0.3) is 0 Å². The van der Waals surface area contributed by atoms with E-state index in [2.05, 4.69) is 13.0 Å². The van der Waals surface area contributed by atoms with Crippen LogP contribution in [0.5, 0.6) is 0 Å². The van der Waals surface area contributed by atoms with E-state index >= 15 is 0 Å². The van der Waals surface area contributed by atoms with Gasteiger partial charge in [-0.1, -0.05) is 50.5 Å². The molecule has 0 heterocycles. The Bertz CT molecular complexity index is 655. The summed E-state index contributed by atoms with van der Waals surface area (Å²) in [6.07, 6.45) is 4.67. The number of esters is 1. The Balaban J connectivity index is 2.27. The van der Waals surface area contributed by atoms with Crippen molar-refractivity contribution in [2.45, 2.75) is 66.2 Å². The summed E-state index contributed by atoms with van der Waals surface area (Å²) in [4.78, 5) is 24.9. The van der Waals surface area contributed by atoms with Crippen molar-refractivity contribution < 1.29 is 14.3 Å². The molecule has 1 aromatic rings. The average molecular weight is 328 g/mol. The fourth-order valence-corrected chi connectivity index (χ4v) is 3.27. The number of unbranched alkanes of at least 4 members (excludes halogenated alkanes) is 1. The molecule has 1 atom stereocenters. The summed E-state index contributed by atoms with van der Waals surface area (Å²) in [5.41, 5.74) is 3.71. The van der Waals surface area contributed by atoms with Crippen LogP contribution in [0.1, 0.15) is 69.1 Å². The fourth-order valence-electron chi connectivity index (χ4n) is 3.27. The second-order valence-electron chi connectivity index (χ2n) is 6.71. The van der Waals surface area contributed by atoms with Crippen molar-refractivity contribution in [1.82, 2.24) is 0 Å².